The third-order valence-electron chi connectivity index (χ3n) is 8.17. The van der Waals surface area contributed by atoms with E-state index in [1.54, 1.807) is 0 Å². The molecule has 0 aliphatic rings. The van der Waals surface area contributed by atoms with Gasteiger partial charge in [-0.1, -0.05) is 60.7 Å². The minimum absolute atomic E-state index is 0.660. The molecule has 0 aliphatic heterocycles. The monoisotopic (exact) mass is 534 g/mol. The molecule has 0 radical (unpaired) electrons. The Kier molecular flexibility index (Phi) is 5.22. The van der Waals surface area contributed by atoms with Crippen molar-refractivity contribution in [3.8, 4) is 34.6 Å². The van der Waals surface area contributed by atoms with Crippen molar-refractivity contribution in [2.75, 3.05) is 0 Å². The molecule has 0 bridgehead atoms. The molecule has 4 heteroatoms. The predicted molar refractivity (Wildman–Crippen MR) is 170 cm³/mol. The molecule has 0 saturated carbocycles. The van der Waals surface area contributed by atoms with E-state index in [0.717, 1.165) is 66.1 Å². The Morgan fingerprint density at radius 2 is 0.905 bits per heavy atom. The maximum Gasteiger partial charge on any atom is 0.0991 e. The smallest absolute Gasteiger partial charge is 0.0991 e. The van der Waals surface area contributed by atoms with E-state index in [9.17, 15) is 10.5 Å². The first-order valence-corrected chi connectivity index (χ1v) is 13.8. The van der Waals surface area contributed by atoms with Crippen LogP contribution in [0.3, 0.4) is 0 Å². The number of para-hydroxylation sites is 2. The van der Waals surface area contributed by atoms with Gasteiger partial charge in [-0.25, -0.2) is 0 Å². The number of nitriles is 2. The van der Waals surface area contributed by atoms with Gasteiger partial charge < -0.3 is 9.13 Å². The minimum Gasteiger partial charge on any atom is -0.309 e. The zero-order chi connectivity index (χ0) is 28.2. The lowest BCUT2D eigenvalue weighted by atomic mass is 10.0. The van der Waals surface area contributed by atoms with Crippen molar-refractivity contribution < 1.29 is 0 Å². The normalized spacial score (nSPS) is 11.3. The molecular formula is C38H22N4. The summed E-state index contributed by atoms with van der Waals surface area (Å²) in [7, 11) is 0. The fraction of sp³-hybridized carbons (Fsp3) is 0. The van der Waals surface area contributed by atoms with Crippen molar-refractivity contribution in [1.29, 1.82) is 10.5 Å². The number of nitrogens with zero attached hydrogens (tertiary/aromatic N) is 4. The zero-order valence-corrected chi connectivity index (χ0v) is 22.5. The van der Waals surface area contributed by atoms with Gasteiger partial charge in [-0.2, -0.15) is 10.5 Å². The van der Waals surface area contributed by atoms with Crippen molar-refractivity contribution in [3.05, 3.63) is 145 Å². The number of aromatic nitrogens is 2. The number of rotatable bonds is 3. The quantitative estimate of drug-likeness (QED) is 0.227. The molecule has 42 heavy (non-hydrogen) atoms. The largest absolute Gasteiger partial charge is 0.309 e. The maximum absolute atomic E-state index is 9.49. The van der Waals surface area contributed by atoms with E-state index in [-0.39, 0.29) is 0 Å². The number of hydrogen-bond acceptors (Lipinski definition) is 2. The molecule has 8 rings (SSSR count). The molecule has 6 aromatic carbocycles. The molecular weight excluding hydrogens is 512 g/mol. The van der Waals surface area contributed by atoms with Gasteiger partial charge in [0.15, 0.2) is 0 Å². The van der Waals surface area contributed by atoms with Crippen LogP contribution in [0, 0.1) is 22.7 Å². The summed E-state index contributed by atoms with van der Waals surface area (Å²) in [6.07, 6.45) is 0. The molecule has 2 aromatic heterocycles. The summed E-state index contributed by atoms with van der Waals surface area (Å²) in [4.78, 5) is 0. The second-order valence-electron chi connectivity index (χ2n) is 10.5. The average molecular weight is 535 g/mol. The highest BCUT2D eigenvalue weighted by Crippen LogP contribution is 2.35. The van der Waals surface area contributed by atoms with Gasteiger partial charge in [0.2, 0.25) is 0 Å². The van der Waals surface area contributed by atoms with E-state index in [2.05, 4.69) is 106 Å². The lowest BCUT2D eigenvalue weighted by Gasteiger charge is -2.12. The van der Waals surface area contributed by atoms with Crippen LogP contribution in [0.4, 0.5) is 0 Å². The first-order chi connectivity index (χ1) is 20.7. The topological polar surface area (TPSA) is 57.4 Å². The molecule has 0 amide bonds. The third kappa shape index (κ3) is 3.53. The highest BCUT2D eigenvalue weighted by Gasteiger charge is 2.15. The summed E-state index contributed by atoms with van der Waals surface area (Å²) in [5, 5.41) is 23.4. The third-order valence-corrected chi connectivity index (χ3v) is 8.17. The van der Waals surface area contributed by atoms with Gasteiger partial charge in [0.05, 0.1) is 45.3 Å². The molecule has 8 aromatic rings. The summed E-state index contributed by atoms with van der Waals surface area (Å²) in [6, 6.07) is 50.3. The zero-order valence-electron chi connectivity index (χ0n) is 22.5. The fourth-order valence-corrected chi connectivity index (χ4v) is 6.27. The van der Waals surface area contributed by atoms with Crippen LogP contribution in [0.2, 0.25) is 0 Å². The van der Waals surface area contributed by atoms with Crippen molar-refractivity contribution in [1.82, 2.24) is 9.13 Å². The van der Waals surface area contributed by atoms with E-state index < -0.39 is 0 Å². The van der Waals surface area contributed by atoms with Crippen LogP contribution < -0.4 is 0 Å². The van der Waals surface area contributed by atoms with E-state index in [0.29, 0.717) is 11.1 Å². The van der Waals surface area contributed by atoms with Crippen molar-refractivity contribution in [3.63, 3.8) is 0 Å². The van der Waals surface area contributed by atoms with Gasteiger partial charge in [-0.05, 0) is 83.9 Å². The summed E-state index contributed by atoms with van der Waals surface area (Å²) in [6.45, 7) is 0. The molecule has 2 heterocycles. The molecule has 0 aliphatic carbocycles. The van der Waals surface area contributed by atoms with Crippen molar-refractivity contribution >= 4 is 43.6 Å². The minimum atomic E-state index is 0.660. The number of fused-ring (bicyclic) bond motifs is 6. The molecule has 194 valence electrons. The van der Waals surface area contributed by atoms with Gasteiger partial charge in [-0.3, -0.25) is 0 Å². The van der Waals surface area contributed by atoms with E-state index in [1.807, 2.05) is 48.5 Å². The molecule has 0 N–H and O–H groups in total. The van der Waals surface area contributed by atoms with Gasteiger partial charge in [-0.15, -0.1) is 0 Å². The summed E-state index contributed by atoms with van der Waals surface area (Å²) < 4.78 is 4.54. The van der Waals surface area contributed by atoms with Gasteiger partial charge in [0, 0.05) is 32.9 Å². The van der Waals surface area contributed by atoms with Crippen LogP contribution in [0.1, 0.15) is 11.1 Å². The summed E-state index contributed by atoms with van der Waals surface area (Å²) in [5.74, 6) is 0. The van der Waals surface area contributed by atoms with E-state index in [4.69, 9.17) is 0 Å². The summed E-state index contributed by atoms with van der Waals surface area (Å²) in [5.41, 5.74) is 10.1. The van der Waals surface area contributed by atoms with Crippen LogP contribution in [0.5, 0.6) is 0 Å². The van der Waals surface area contributed by atoms with Gasteiger partial charge in [0.1, 0.15) is 0 Å². The number of benzene rings is 6. The molecule has 0 fully saturated rings. The van der Waals surface area contributed by atoms with Gasteiger partial charge >= 0.3 is 0 Å². The highest BCUT2D eigenvalue weighted by molar-refractivity contribution is 6.10. The van der Waals surface area contributed by atoms with E-state index >= 15 is 0 Å². The molecule has 4 nitrogen and oxygen atoms in total. The fourth-order valence-electron chi connectivity index (χ4n) is 6.27. The van der Waals surface area contributed by atoms with Crippen LogP contribution in [0.15, 0.2) is 133 Å². The summed E-state index contributed by atoms with van der Waals surface area (Å²) >= 11 is 0. The molecule has 0 spiro atoms. The van der Waals surface area contributed by atoms with Crippen molar-refractivity contribution in [2.24, 2.45) is 0 Å². The van der Waals surface area contributed by atoms with Crippen LogP contribution in [-0.2, 0) is 0 Å². The van der Waals surface area contributed by atoms with Crippen LogP contribution >= 0.6 is 0 Å². The second-order valence-corrected chi connectivity index (χ2v) is 10.5. The number of hydrogen-bond donors (Lipinski definition) is 0. The first kappa shape index (κ1) is 23.8. The highest BCUT2D eigenvalue weighted by atomic mass is 15.0. The lowest BCUT2D eigenvalue weighted by molar-refractivity contribution is 1.18. The SMILES string of the molecule is N#Cc1ccc2c(c1)c1ccccc1n2-c1ccc(-c2cccc(-n3c4ccccc4c4cc(C#N)ccc43)c2)cc1. The van der Waals surface area contributed by atoms with Crippen LogP contribution in [-0.4, -0.2) is 9.13 Å². The molecule has 0 unspecified atom stereocenters. The Morgan fingerprint density at radius 1 is 0.381 bits per heavy atom. The molecule has 0 saturated heterocycles. The molecule has 0 atom stereocenters. The Bertz CT molecular complexity index is 2430. The Hall–Kier alpha value is -6.10. The van der Waals surface area contributed by atoms with Gasteiger partial charge in [0.25, 0.3) is 0 Å². The average Bonchev–Trinajstić information content (AvgIpc) is 3.57. The predicted octanol–water partition coefficient (Wildman–Crippen LogP) is 9.29. The van der Waals surface area contributed by atoms with Crippen molar-refractivity contribution in [2.45, 2.75) is 0 Å². The Labute approximate surface area is 242 Å². The Balaban J connectivity index is 1.25. The van der Waals surface area contributed by atoms with E-state index in [1.165, 1.54) is 0 Å². The Morgan fingerprint density at radius 3 is 1.48 bits per heavy atom. The standard InChI is InChI=1S/C38H22N4/c39-23-25-12-18-37-33(20-25)31-8-1-3-10-35(31)41(37)29-16-14-27(15-17-29)28-6-5-7-30(22-28)42-36-11-4-2-9-32(36)34-21-26(24-40)13-19-38(34)42/h1-22H. The maximum atomic E-state index is 9.49. The second kappa shape index (κ2) is 9.24. The first-order valence-electron chi connectivity index (χ1n) is 13.8. The lowest BCUT2D eigenvalue weighted by Crippen LogP contribution is -1.95. The van der Waals surface area contributed by atoms with Crippen LogP contribution in [0.25, 0.3) is 66.1 Å².